The number of methoxy groups -OCH3 is 1. The van der Waals surface area contributed by atoms with E-state index in [4.69, 9.17) is 14.2 Å². The second kappa shape index (κ2) is 6.80. The van der Waals surface area contributed by atoms with Crippen molar-refractivity contribution in [1.82, 2.24) is 9.97 Å². The molecule has 2 heterocycles. The molecule has 7 heteroatoms. The molecule has 1 aliphatic heterocycles. The molecular formula is C13H19BrN2O4. The molecule has 0 saturated carbocycles. The topological polar surface area (TPSA) is 73.4 Å². The average molecular weight is 347 g/mol. The van der Waals surface area contributed by atoms with Gasteiger partial charge in [0.25, 0.3) is 5.56 Å². The predicted octanol–water partition coefficient (Wildman–Crippen LogP) is 1.72. The smallest absolute Gasteiger partial charge is 0.265 e. The molecule has 0 bridgehead atoms. The van der Waals surface area contributed by atoms with Gasteiger partial charge < -0.3 is 19.2 Å². The standard InChI is InChI=1S/C13H19BrN2O4/c1-3-20-13(4-6-19-7-5-13)12-15-9(8-18-2)10(14)11(17)16-12/h3-8H2,1-2H3,(H,15,16,17). The monoisotopic (exact) mass is 346 g/mol. The lowest BCUT2D eigenvalue weighted by Crippen LogP contribution is -2.40. The van der Waals surface area contributed by atoms with Crippen LogP contribution in [-0.4, -0.2) is 36.9 Å². The molecule has 0 atom stereocenters. The van der Waals surface area contributed by atoms with E-state index < -0.39 is 5.60 Å². The summed E-state index contributed by atoms with van der Waals surface area (Å²) in [6, 6.07) is 0. The normalized spacial score (nSPS) is 18.1. The molecule has 6 nitrogen and oxygen atoms in total. The van der Waals surface area contributed by atoms with Gasteiger partial charge in [0, 0.05) is 39.8 Å². The van der Waals surface area contributed by atoms with Gasteiger partial charge in [0.2, 0.25) is 0 Å². The number of H-pyrrole nitrogens is 1. The minimum atomic E-state index is -0.574. The first kappa shape index (κ1) is 15.6. The maximum Gasteiger partial charge on any atom is 0.265 e. The third-order valence-corrected chi connectivity index (χ3v) is 4.18. The van der Waals surface area contributed by atoms with E-state index in [1.807, 2.05) is 6.92 Å². The van der Waals surface area contributed by atoms with Gasteiger partial charge in [0.05, 0.1) is 12.3 Å². The van der Waals surface area contributed by atoms with Crippen LogP contribution in [0.4, 0.5) is 0 Å². The van der Waals surface area contributed by atoms with Gasteiger partial charge >= 0.3 is 0 Å². The summed E-state index contributed by atoms with van der Waals surface area (Å²) in [6.07, 6.45) is 1.36. The Morgan fingerprint density at radius 2 is 2.15 bits per heavy atom. The van der Waals surface area contributed by atoms with Crippen molar-refractivity contribution in [2.45, 2.75) is 32.0 Å². The van der Waals surface area contributed by atoms with E-state index in [-0.39, 0.29) is 12.2 Å². The molecule has 1 N–H and O–H groups in total. The highest BCUT2D eigenvalue weighted by Gasteiger charge is 2.38. The molecule has 1 fully saturated rings. The number of ether oxygens (including phenoxy) is 3. The van der Waals surface area contributed by atoms with E-state index in [1.165, 1.54) is 0 Å². The summed E-state index contributed by atoms with van der Waals surface area (Å²) in [5, 5.41) is 0. The molecule has 1 aliphatic rings. The van der Waals surface area contributed by atoms with Crippen LogP contribution in [0.3, 0.4) is 0 Å². The number of hydrogen-bond donors (Lipinski definition) is 1. The number of halogens is 1. The number of hydrogen-bond acceptors (Lipinski definition) is 5. The van der Waals surface area contributed by atoms with E-state index in [0.717, 1.165) is 0 Å². The van der Waals surface area contributed by atoms with Crippen molar-refractivity contribution in [3.05, 3.63) is 26.3 Å². The molecule has 20 heavy (non-hydrogen) atoms. The van der Waals surface area contributed by atoms with Gasteiger partial charge in [-0.1, -0.05) is 0 Å². The molecule has 0 aromatic carbocycles. The van der Waals surface area contributed by atoms with Gasteiger partial charge in [0.15, 0.2) is 0 Å². The van der Waals surface area contributed by atoms with Crippen molar-refractivity contribution in [1.29, 1.82) is 0 Å². The van der Waals surface area contributed by atoms with Crippen LogP contribution in [0.1, 0.15) is 31.3 Å². The number of nitrogens with zero attached hydrogens (tertiary/aromatic N) is 1. The quantitative estimate of drug-likeness (QED) is 0.878. The lowest BCUT2D eigenvalue weighted by Gasteiger charge is -2.35. The lowest BCUT2D eigenvalue weighted by molar-refractivity contribution is -0.118. The lowest BCUT2D eigenvalue weighted by atomic mass is 9.92. The van der Waals surface area contributed by atoms with Gasteiger partial charge in [-0.15, -0.1) is 0 Å². The van der Waals surface area contributed by atoms with Crippen LogP contribution >= 0.6 is 15.9 Å². The second-order valence-electron chi connectivity index (χ2n) is 4.65. The maximum atomic E-state index is 12.0. The summed E-state index contributed by atoms with van der Waals surface area (Å²) in [5.41, 5.74) is -0.209. The Balaban J connectivity index is 2.45. The Labute approximate surface area is 126 Å². The van der Waals surface area contributed by atoms with Crippen LogP contribution in [0.15, 0.2) is 9.27 Å². The van der Waals surface area contributed by atoms with Crippen molar-refractivity contribution in [2.24, 2.45) is 0 Å². The number of aromatic nitrogens is 2. The van der Waals surface area contributed by atoms with Crippen LogP contribution in [-0.2, 0) is 26.4 Å². The first-order valence-electron chi connectivity index (χ1n) is 6.63. The molecule has 0 radical (unpaired) electrons. The van der Waals surface area contributed by atoms with E-state index in [2.05, 4.69) is 25.9 Å². The SMILES string of the molecule is CCOC1(c2nc(COC)c(Br)c(=O)[nH]2)CCOCC1. The van der Waals surface area contributed by atoms with Crippen molar-refractivity contribution in [3.63, 3.8) is 0 Å². The highest BCUT2D eigenvalue weighted by molar-refractivity contribution is 9.10. The minimum absolute atomic E-state index is 0.215. The van der Waals surface area contributed by atoms with Crippen LogP contribution in [0.2, 0.25) is 0 Å². The van der Waals surface area contributed by atoms with Crippen molar-refractivity contribution < 1.29 is 14.2 Å². The van der Waals surface area contributed by atoms with Gasteiger partial charge in [0.1, 0.15) is 15.9 Å². The maximum absolute atomic E-state index is 12.0. The predicted molar refractivity (Wildman–Crippen MR) is 76.6 cm³/mol. The molecular weight excluding hydrogens is 328 g/mol. The Kier molecular flexibility index (Phi) is 5.31. The number of aromatic amines is 1. The summed E-state index contributed by atoms with van der Waals surface area (Å²) < 4.78 is 16.8. The highest BCUT2D eigenvalue weighted by atomic mass is 79.9. The van der Waals surface area contributed by atoms with Crippen LogP contribution in [0, 0.1) is 0 Å². The molecule has 1 aromatic rings. The zero-order valence-corrected chi connectivity index (χ0v) is 13.3. The fourth-order valence-corrected chi connectivity index (χ4v) is 2.68. The largest absolute Gasteiger partial charge is 0.381 e. The third-order valence-electron chi connectivity index (χ3n) is 3.37. The van der Waals surface area contributed by atoms with Gasteiger partial charge in [-0.2, -0.15) is 0 Å². The molecule has 0 amide bonds. The fraction of sp³-hybridized carbons (Fsp3) is 0.692. The Hall–Kier alpha value is -0.760. The first-order chi connectivity index (χ1) is 9.63. The molecule has 1 saturated heterocycles. The van der Waals surface area contributed by atoms with Crippen molar-refractivity contribution >= 4 is 15.9 Å². The number of rotatable bonds is 5. The van der Waals surface area contributed by atoms with E-state index in [0.29, 0.717) is 48.7 Å². The molecule has 1 aromatic heterocycles. The van der Waals surface area contributed by atoms with E-state index in [1.54, 1.807) is 7.11 Å². The van der Waals surface area contributed by atoms with Crippen molar-refractivity contribution in [2.75, 3.05) is 26.9 Å². The van der Waals surface area contributed by atoms with Crippen LogP contribution < -0.4 is 5.56 Å². The molecule has 0 spiro atoms. The Bertz CT molecular complexity index is 506. The molecule has 2 rings (SSSR count). The van der Waals surface area contributed by atoms with Gasteiger partial charge in [-0.3, -0.25) is 4.79 Å². The van der Waals surface area contributed by atoms with Gasteiger partial charge in [-0.05, 0) is 22.9 Å². The third kappa shape index (κ3) is 3.11. The summed E-state index contributed by atoms with van der Waals surface area (Å²) in [4.78, 5) is 19.4. The van der Waals surface area contributed by atoms with E-state index in [9.17, 15) is 4.79 Å². The summed E-state index contributed by atoms with van der Waals surface area (Å²) in [7, 11) is 1.57. The number of nitrogens with one attached hydrogen (secondary N) is 1. The zero-order valence-electron chi connectivity index (χ0n) is 11.7. The zero-order chi connectivity index (χ0) is 14.6. The van der Waals surface area contributed by atoms with Crippen molar-refractivity contribution in [3.8, 4) is 0 Å². The minimum Gasteiger partial charge on any atom is -0.381 e. The summed E-state index contributed by atoms with van der Waals surface area (Å²) in [6.45, 7) is 3.96. The van der Waals surface area contributed by atoms with E-state index >= 15 is 0 Å². The molecule has 0 unspecified atom stereocenters. The second-order valence-corrected chi connectivity index (χ2v) is 5.44. The van der Waals surface area contributed by atoms with Crippen LogP contribution in [0.25, 0.3) is 0 Å². The van der Waals surface area contributed by atoms with Crippen LogP contribution in [0.5, 0.6) is 0 Å². The fourth-order valence-electron chi connectivity index (χ4n) is 2.38. The Morgan fingerprint density at radius 3 is 2.75 bits per heavy atom. The molecule has 0 aliphatic carbocycles. The highest BCUT2D eigenvalue weighted by Crippen LogP contribution is 2.34. The Morgan fingerprint density at radius 1 is 1.45 bits per heavy atom. The van der Waals surface area contributed by atoms with Gasteiger partial charge in [-0.25, -0.2) is 4.98 Å². The average Bonchev–Trinajstić information content (AvgIpc) is 2.45. The summed E-state index contributed by atoms with van der Waals surface area (Å²) in [5.74, 6) is 0.558. The first-order valence-corrected chi connectivity index (χ1v) is 7.42. The summed E-state index contributed by atoms with van der Waals surface area (Å²) >= 11 is 3.24. The molecule has 112 valence electrons.